The van der Waals surface area contributed by atoms with Crippen LogP contribution in [0.2, 0.25) is 0 Å². The standard InChI is InChI=1S/C26H30N2O5/c1-4-6-7-8-15-33-23-14-9-19(17-24(23)32-5-2)16-21(18-27)25(29)28-22-12-10-20(11-13-22)26(30)31-3/h9-14,16-17H,4-8,15H2,1-3H3,(H,28,29)/b21-16-. The summed E-state index contributed by atoms with van der Waals surface area (Å²) in [5.74, 6) is 0.179. The van der Waals surface area contributed by atoms with E-state index >= 15 is 0 Å². The van der Waals surface area contributed by atoms with E-state index in [1.165, 1.54) is 38.2 Å². The van der Waals surface area contributed by atoms with Gasteiger partial charge in [0.15, 0.2) is 11.5 Å². The molecule has 2 rings (SSSR count). The molecule has 2 aromatic carbocycles. The van der Waals surface area contributed by atoms with Crippen molar-refractivity contribution in [3.63, 3.8) is 0 Å². The molecule has 174 valence electrons. The Morgan fingerprint density at radius 1 is 1.00 bits per heavy atom. The number of esters is 1. The number of carbonyl (C=O) groups excluding carboxylic acids is 2. The van der Waals surface area contributed by atoms with Crippen molar-refractivity contribution in [1.29, 1.82) is 5.26 Å². The number of nitrogens with one attached hydrogen (secondary N) is 1. The first kappa shape index (κ1) is 25.5. The first-order valence-corrected chi connectivity index (χ1v) is 11.0. The SMILES string of the molecule is CCCCCCOc1ccc(/C=C(/C#N)C(=O)Nc2ccc(C(=O)OC)cc2)cc1OCC. The van der Waals surface area contributed by atoms with Gasteiger partial charge in [-0.15, -0.1) is 0 Å². The van der Waals surface area contributed by atoms with Gasteiger partial charge >= 0.3 is 5.97 Å². The zero-order valence-corrected chi connectivity index (χ0v) is 19.3. The summed E-state index contributed by atoms with van der Waals surface area (Å²) < 4.78 is 16.2. The number of carbonyl (C=O) groups is 2. The number of benzene rings is 2. The Balaban J connectivity index is 2.12. The van der Waals surface area contributed by atoms with E-state index in [-0.39, 0.29) is 5.57 Å². The number of ether oxygens (including phenoxy) is 3. The van der Waals surface area contributed by atoms with Gasteiger partial charge in [0.1, 0.15) is 11.6 Å². The molecular weight excluding hydrogens is 420 g/mol. The van der Waals surface area contributed by atoms with Gasteiger partial charge in [-0.1, -0.05) is 32.3 Å². The van der Waals surface area contributed by atoms with Crippen LogP contribution >= 0.6 is 0 Å². The van der Waals surface area contributed by atoms with Crippen molar-refractivity contribution in [2.75, 3.05) is 25.6 Å². The third kappa shape index (κ3) is 8.00. The van der Waals surface area contributed by atoms with Crippen molar-refractivity contribution in [2.24, 2.45) is 0 Å². The van der Waals surface area contributed by atoms with E-state index in [9.17, 15) is 14.9 Å². The highest BCUT2D eigenvalue weighted by Gasteiger charge is 2.12. The van der Waals surface area contributed by atoms with E-state index < -0.39 is 11.9 Å². The molecule has 0 unspecified atom stereocenters. The Morgan fingerprint density at radius 3 is 2.39 bits per heavy atom. The van der Waals surface area contributed by atoms with Crippen LogP contribution in [0.1, 0.15) is 55.5 Å². The van der Waals surface area contributed by atoms with Gasteiger partial charge in [0.25, 0.3) is 5.91 Å². The van der Waals surface area contributed by atoms with Crippen molar-refractivity contribution in [2.45, 2.75) is 39.5 Å². The van der Waals surface area contributed by atoms with Crippen molar-refractivity contribution >= 4 is 23.6 Å². The maximum absolute atomic E-state index is 12.6. The lowest BCUT2D eigenvalue weighted by atomic mass is 10.1. The zero-order valence-electron chi connectivity index (χ0n) is 19.3. The van der Waals surface area contributed by atoms with Crippen LogP contribution in [0.3, 0.4) is 0 Å². The smallest absolute Gasteiger partial charge is 0.337 e. The van der Waals surface area contributed by atoms with E-state index in [0.29, 0.717) is 41.5 Å². The average molecular weight is 451 g/mol. The fourth-order valence-corrected chi connectivity index (χ4v) is 3.03. The molecule has 1 N–H and O–H groups in total. The number of nitrogens with zero attached hydrogens (tertiary/aromatic N) is 1. The topological polar surface area (TPSA) is 97.7 Å². The zero-order chi connectivity index (χ0) is 24.1. The minimum absolute atomic E-state index is 0.0669. The second-order valence-electron chi connectivity index (χ2n) is 7.24. The lowest BCUT2D eigenvalue weighted by Crippen LogP contribution is -2.13. The van der Waals surface area contributed by atoms with Crippen LogP contribution in [0, 0.1) is 11.3 Å². The van der Waals surface area contributed by atoms with Gasteiger partial charge in [-0.25, -0.2) is 4.79 Å². The number of unbranched alkanes of at least 4 members (excludes halogenated alkanes) is 3. The largest absolute Gasteiger partial charge is 0.490 e. The molecular formula is C26H30N2O5. The molecule has 7 nitrogen and oxygen atoms in total. The molecule has 0 bridgehead atoms. The Kier molecular flexibility index (Phi) is 10.5. The van der Waals surface area contributed by atoms with Crippen LogP contribution in [0.15, 0.2) is 48.0 Å². The molecule has 0 atom stereocenters. The Hall–Kier alpha value is -3.79. The number of hydrogen-bond donors (Lipinski definition) is 1. The Morgan fingerprint density at radius 2 is 1.76 bits per heavy atom. The van der Waals surface area contributed by atoms with Crippen LogP contribution in [0.4, 0.5) is 5.69 Å². The first-order chi connectivity index (χ1) is 16.0. The molecule has 0 fully saturated rings. The summed E-state index contributed by atoms with van der Waals surface area (Å²) in [6.07, 6.45) is 5.93. The molecule has 0 saturated heterocycles. The second-order valence-corrected chi connectivity index (χ2v) is 7.24. The fraction of sp³-hybridized carbons (Fsp3) is 0.346. The fourth-order valence-electron chi connectivity index (χ4n) is 3.03. The molecule has 0 radical (unpaired) electrons. The number of methoxy groups -OCH3 is 1. The molecule has 0 aromatic heterocycles. The van der Waals surface area contributed by atoms with Crippen molar-refractivity contribution in [3.05, 3.63) is 59.2 Å². The Bertz CT molecular complexity index is 1010. The summed E-state index contributed by atoms with van der Waals surface area (Å²) in [6, 6.07) is 13.5. The van der Waals surface area contributed by atoms with Crippen LogP contribution in [-0.4, -0.2) is 32.2 Å². The Labute approximate surface area is 195 Å². The van der Waals surface area contributed by atoms with Crippen molar-refractivity contribution in [1.82, 2.24) is 0 Å². The van der Waals surface area contributed by atoms with E-state index in [4.69, 9.17) is 9.47 Å². The second kappa shape index (κ2) is 13.6. The quantitative estimate of drug-likeness (QED) is 0.202. The van der Waals surface area contributed by atoms with Gasteiger partial charge in [-0.05, 0) is 61.4 Å². The lowest BCUT2D eigenvalue weighted by Gasteiger charge is -2.13. The summed E-state index contributed by atoms with van der Waals surface area (Å²) in [5.41, 5.74) is 1.39. The molecule has 0 saturated carbocycles. The van der Waals surface area contributed by atoms with Gasteiger partial charge in [0.2, 0.25) is 0 Å². The summed E-state index contributed by atoms with van der Waals surface area (Å²) in [6.45, 7) is 5.12. The number of amides is 1. The number of rotatable bonds is 12. The summed E-state index contributed by atoms with van der Waals surface area (Å²) in [7, 11) is 1.30. The van der Waals surface area contributed by atoms with Gasteiger partial charge in [-0.3, -0.25) is 4.79 Å². The van der Waals surface area contributed by atoms with E-state index in [1.807, 2.05) is 13.0 Å². The minimum Gasteiger partial charge on any atom is -0.490 e. The molecule has 0 aliphatic heterocycles. The highest BCUT2D eigenvalue weighted by molar-refractivity contribution is 6.09. The molecule has 0 aliphatic carbocycles. The number of hydrogen-bond acceptors (Lipinski definition) is 6. The van der Waals surface area contributed by atoms with E-state index in [0.717, 1.165) is 12.8 Å². The minimum atomic E-state index is -0.558. The summed E-state index contributed by atoms with van der Waals surface area (Å²) >= 11 is 0. The van der Waals surface area contributed by atoms with Crippen molar-refractivity contribution in [3.8, 4) is 17.6 Å². The molecule has 7 heteroatoms. The number of nitriles is 1. The summed E-state index contributed by atoms with van der Waals surface area (Å²) in [5, 5.41) is 12.2. The number of anilines is 1. The molecule has 0 aliphatic rings. The first-order valence-electron chi connectivity index (χ1n) is 11.0. The molecule has 0 heterocycles. The predicted molar refractivity (Wildman–Crippen MR) is 127 cm³/mol. The maximum Gasteiger partial charge on any atom is 0.337 e. The molecule has 2 aromatic rings. The van der Waals surface area contributed by atoms with Gasteiger partial charge in [0.05, 0.1) is 25.9 Å². The molecule has 0 spiro atoms. The summed E-state index contributed by atoms with van der Waals surface area (Å²) in [4.78, 5) is 24.1. The molecule has 1 amide bonds. The van der Waals surface area contributed by atoms with Gasteiger partial charge in [0, 0.05) is 5.69 Å². The van der Waals surface area contributed by atoms with Crippen LogP contribution < -0.4 is 14.8 Å². The van der Waals surface area contributed by atoms with E-state index in [1.54, 1.807) is 30.3 Å². The highest BCUT2D eigenvalue weighted by atomic mass is 16.5. The van der Waals surface area contributed by atoms with Crippen molar-refractivity contribution < 1.29 is 23.8 Å². The average Bonchev–Trinajstić information content (AvgIpc) is 2.83. The van der Waals surface area contributed by atoms with Crippen LogP contribution in [-0.2, 0) is 9.53 Å². The van der Waals surface area contributed by atoms with Gasteiger partial charge in [-0.2, -0.15) is 5.26 Å². The lowest BCUT2D eigenvalue weighted by molar-refractivity contribution is -0.112. The van der Waals surface area contributed by atoms with Crippen LogP contribution in [0.5, 0.6) is 11.5 Å². The third-order valence-corrected chi connectivity index (χ3v) is 4.76. The maximum atomic E-state index is 12.6. The van der Waals surface area contributed by atoms with E-state index in [2.05, 4.69) is 17.0 Å². The monoisotopic (exact) mass is 450 g/mol. The van der Waals surface area contributed by atoms with Crippen LogP contribution in [0.25, 0.3) is 6.08 Å². The normalized spacial score (nSPS) is 10.8. The predicted octanol–water partition coefficient (Wildman–Crippen LogP) is 5.38. The highest BCUT2D eigenvalue weighted by Crippen LogP contribution is 2.30. The molecule has 33 heavy (non-hydrogen) atoms. The van der Waals surface area contributed by atoms with Gasteiger partial charge < -0.3 is 19.5 Å². The third-order valence-electron chi connectivity index (χ3n) is 4.76.